The van der Waals surface area contributed by atoms with E-state index in [0.717, 1.165) is 18.9 Å². The number of nitrogens with zero attached hydrogens (tertiary/aromatic N) is 3. The molecule has 1 aromatic heterocycles. The summed E-state index contributed by atoms with van der Waals surface area (Å²) in [5, 5.41) is 0.474. The van der Waals surface area contributed by atoms with Crippen molar-refractivity contribution in [2.24, 2.45) is 0 Å². The summed E-state index contributed by atoms with van der Waals surface area (Å²) in [6.45, 7) is 3.80. The van der Waals surface area contributed by atoms with Crippen LogP contribution in [0.2, 0.25) is 5.15 Å². The molecule has 0 unspecified atom stereocenters. The third-order valence-corrected chi connectivity index (χ3v) is 2.75. The number of rotatable bonds is 4. The second kappa shape index (κ2) is 5.64. The van der Waals surface area contributed by atoms with Gasteiger partial charge in [0.2, 0.25) is 0 Å². The lowest BCUT2D eigenvalue weighted by atomic mass is 10.2. The fourth-order valence-corrected chi connectivity index (χ4v) is 1.80. The molecule has 0 atom stereocenters. The average Bonchev–Trinajstić information content (AvgIpc) is 2.37. The van der Waals surface area contributed by atoms with Gasteiger partial charge in [-0.25, -0.2) is 9.97 Å². The normalized spacial score (nSPS) is 10.2. The summed E-state index contributed by atoms with van der Waals surface area (Å²) in [6, 6.07) is 12.1. The van der Waals surface area contributed by atoms with Gasteiger partial charge in [-0.15, -0.1) is 0 Å². The van der Waals surface area contributed by atoms with Gasteiger partial charge in [0.1, 0.15) is 17.3 Å². The molecule has 0 N–H and O–H groups in total. The molecular formula is C13H14ClN3. The summed E-state index contributed by atoms with van der Waals surface area (Å²) in [6.07, 6.45) is 1.49. The molecule has 88 valence electrons. The predicted octanol–water partition coefficient (Wildman–Crippen LogP) is 3.16. The van der Waals surface area contributed by atoms with Crippen molar-refractivity contribution in [3.05, 3.63) is 53.4 Å². The maximum Gasteiger partial charge on any atom is 0.134 e. The van der Waals surface area contributed by atoms with Crippen LogP contribution in [0.4, 0.5) is 5.82 Å². The molecule has 0 fully saturated rings. The molecule has 2 aromatic rings. The van der Waals surface area contributed by atoms with Crippen LogP contribution in [-0.2, 0) is 6.54 Å². The van der Waals surface area contributed by atoms with Crippen molar-refractivity contribution in [3.63, 3.8) is 0 Å². The van der Waals surface area contributed by atoms with Crippen LogP contribution in [0.3, 0.4) is 0 Å². The first-order valence-corrected chi connectivity index (χ1v) is 5.94. The van der Waals surface area contributed by atoms with Gasteiger partial charge in [0, 0.05) is 19.2 Å². The molecule has 3 nitrogen and oxygen atoms in total. The van der Waals surface area contributed by atoms with E-state index >= 15 is 0 Å². The first-order valence-electron chi connectivity index (χ1n) is 5.56. The Morgan fingerprint density at radius 2 is 1.94 bits per heavy atom. The van der Waals surface area contributed by atoms with Gasteiger partial charge in [-0.1, -0.05) is 41.9 Å². The molecule has 0 aliphatic carbocycles. The van der Waals surface area contributed by atoms with Gasteiger partial charge in [0.05, 0.1) is 0 Å². The smallest absolute Gasteiger partial charge is 0.134 e. The minimum Gasteiger partial charge on any atom is -0.352 e. The van der Waals surface area contributed by atoms with Crippen molar-refractivity contribution in [1.29, 1.82) is 0 Å². The third kappa shape index (κ3) is 3.17. The number of hydrogen-bond donors (Lipinski definition) is 0. The second-order valence-electron chi connectivity index (χ2n) is 3.70. The minimum atomic E-state index is 0.474. The third-order valence-electron chi connectivity index (χ3n) is 2.54. The van der Waals surface area contributed by atoms with E-state index < -0.39 is 0 Å². The quantitative estimate of drug-likeness (QED) is 0.778. The zero-order chi connectivity index (χ0) is 12.1. The van der Waals surface area contributed by atoms with Gasteiger partial charge in [0.15, 0.2) is 0 Å². The summed E-state index contributed by atoms with van der Waals surface area (Å²) in [4.78, 5) is 10.3. The highest BCUT2D eigenvalue weighted by Gasteiger charge is 2.07. The van der Waals surface area contributed by atoms with E-state index in [1.165, 1.54) is 11.9 Å². The zero-order valence-corrected chi connectivity index (χ0v) is 10.4. The summed E-state index contributed by atoms with van der Waals surface area (Å²) < 4.78 is 0. The first kappa shape index (κ1) is 11.9. The van der Waals surface area contributed by atoms with Gasteiger partial charge >= 0.3 is 0 Å². The van der Waals surface area contributed by atoms with E-state index in [9.17, 15) is 0 Å². The summed E-state index contributed by atoms with van der Waals surface area (Å²) in [5.74, 6) is 0.858. The topological polar surface area (TPSA) is 29.0 Å². The van der Waals surface area contributed by atoms with Crippen LogP contribution in [-0.4, -0.2) is 16.5 Å². The molecule has 0 amide bonds. The monoisotopic (exact) mass is 247 g/mol. The highest BCUT2D eigenvalue weighted by atomic mass is 35.5. The van der Waals surface area contributed by atoms with Gasteiger partial charge in [0.25, 0.3) is 0 Å². The van der Waals surface area contributed by atoms with E-state index in [1.54, 1.807) is 6.07 Å². The van der Waals surface area contributed by atoms with Crippen LogP contribution in [0.5, 0.6) is 0 Å². The molecular weight excluding hydrogens is 234 g/mol. The highest BCUT2D eigenvalue weighted by molar-refractivity contribution is 6.29. The van der Waals surface area contributed by atoms with Crippen molar-refractivity contribution in [1.82, 2.24) is 9.97 Å². The Morgan fingerprint density at radius 1 is 1.18 bits per heavy atom. The Hall–Kier alpha value is -1.61. The molecule has 0 aliphatic rings. The number of anilines is 1. The van der Waals surface area contributed by atoms with Crippen LogP contribution >= 0.6 is 11.6 Å². The Bertz CT molecular complexity index is 473. The molecule has 0 bridgehead atoms. The van der Waals surface area contributed by atoms with Gasteiger partial charge in [-0.05, 0) is 12.5 Å². The summed E-state index contributed by atoms with van der Waals surface area (Å²) in [7, 11) is 0. The van der Waals surface area contributed by atoms with Crippen molar-refractivity contribution in [2.45, 2.75) is 13.5 Å². The Balaban J connectivity index is 2.17. The molecule has 0 saturated carbocycles. The van der Waals surface area contributed by atoms with Crippen LogP contribution in [0.1, 0.15) is 12.5 Å². The molecule has 17 heavy (non-hydrogen) atoms. The van der Waals surface area contributed by atoms with Crippen LogP contribution in [0.15, 0.2) is 42.7 Å². The fourth-order valence-electron chi connectivity index (χ4n) is 1.66. The molecule has 2 rings (SSSR count). The van der Waals surface area contributed by atoms with E-state index in [1.807, 2.05) is 18.2 Å². The lowest BCUT2D eigenvalue weighted by molar-refractivity contribution is 0.810. The zero-order valence-electron chi connectivity index (χ0n) is 9.68. The first-order chi connectivity index (χ1) is 8.29. The van der Waals surface area contributed by atoms with Gasteiger partial charge in [-0.3, -0.25) is 0 Å². The molecule has 4 heteroatoms. The maximum atomic E-state index is 5.87. The predicted molar refractivity (Wildman–Crippen MR) is 70.2 cm³/mol. The average molecular weight is 248 g/mol. The van der Waals surface area contributed by atoms with E-state index in [2.05, 4.69) is 33.9 Å². The van der Waals surface area contributed by atoms with Crippen molar-refractivity contribution < 1.29 is 0 Å². The van der Waals surface area contributed by atoms with Crippen molar-refractivity contribution in [3.8, 4) is 0 Å². The lowest BCUT2D eigenvalue weighted by Gasteiger charge is -2.21. The molecule has 0 saturated heterocycles. The Morgan fingerprint density at radius 3 is 2.59 bits per heavy atom. The molecule has 0 radical (unpaired) electrons. The molecule has 0 spiro atoms. The SMILES string of the molecule is CCN(Cc1ccccc1)c1cc(Cl)ncn1. The van der Waals surface area contributed by atoms with Crippen molar-refractivity contribution in [2.75, 3.05) is 11.4 Å². The van der Waals surface area contributed by atoms with Crippen molar-refractivity contribution >= 4 is 17.4 Å². The highest BCUT2D eigenvalue weighted by Crippen LogP contribution is 2.16. The summed E-state index contributed by atoms with van der Waals surface area (Å²) in [5.41, 5.74) is 1.25. The Labute approximate surface area is 106 Å². The number of halogens is 1. The number of aromatic nitrogens is 2. The van der Waals surface area contributed by atoms with Gasteiger partial charge < -0.3 is 4.90 Å². The number of benzene rings is 1. The van der Waals surface area contributed by atoms with E-state index in [0.29, 0.717) is 5.15 Å². The number of hydrogen-bond acceptors (Lipinski definition) is 3. The standard InChI is InChI=1S/C13H14ClN3/c1-2-17(9-11-6-4-3-5-7-11)13-8-12(14)15-10-16-13/h3-8,10H,2,9H2,1H3. The lowest BCUT2D eigenvalue weighted by Crippen LogP contribution is -2.23. The fraction of sp³-hybridized carbons (Fsp3) is 0.231. The van der Waals surface area contributed by atoms with E-state index in [4.69, 9.17) is 11.6 Å². The van der Waals surface area contributed by atoms with Crippen LogP contribution in [0, 0.1) is 0 Å². The van der Waals surface area contributed by atoms with Crippen LogP contribution in [0.25, 0.3) is 0 Å². The Kier molecular flexibility index (Phi) is 3.94. The minimum absolute atomic E-state index is 0.474. The molecule has 0 aliphatic heterocycles. The van der Waals surface area contributed by atoms with Crippen LogP contribution < -0.4 is 4.90 Å². The maximum absolute atomic E-state index is 5.87. The second-order valence-corrected chi connectivity index (χ2v) is 4.09. The molecule has 1 aromatic carbocycles. The summed E-state index contributed by atoms with van der Waals surface area (Å²) >= 11 is 5.87. The largest absolute Gasteiger partial charge is 0.352 e. The molecule has 1 heterocycles. The van der Waals surface area contributed by atoms with E-state index in [-0.39, 0.29) is 0 Å². The van der Waals surface area contributed by atoms with Gasteiger partial charge in [-0.2, -0.15) is 0 Å².